The van der Waals surface area contributed by atoms with Crippen LogP contribution in [0.5, 0.6) is 0 Å². The summed E-state index contributed by atoms with van der Waals surface area (Å²) in [4.78, 5) is 26.4. The number of carbonyl (C=O) groups is 1. The first-order chi connectivity index (χ1) is 17.6. The van der Waals surface area contributed by atoms with Gasteiger partial charge >= 0.3 is 0 Å². The Morgan fingerprint density at radius 3 is 2.69 bits per heavy atom. The molecule has 0 saturated heterocycles. The van der Waals surface area contributed by atoms with Crippen LogP contribution in [0.25, 0.3) is 0 Å². The third-order valence-corrected chi connectivity index (χ3v) is 6.16. The zero-order chi connectivity index (χ0) is 24.7. The molecule has 3 aromatic rings. The third kappa shape index (κ3) is 6.07. The van der Waals surface area contributed by atoms with Crippen LogP contribution in [-0.2, 0) is 6.42 Å². The average Bonchev–Trinajstić information content (AvgIpc) is 2.91. The highest BCUT2D eigenvalue weighted by Crippen LogP contribution is 2.20. The number of hydrogen-bond acceptors (Lipinski definition) is 7. The number of pyridine rings is 1. The van der Waals surface area contributed by atoms with Gasteiger partial charge in [-0.15, -0.1) is 0 Å². The molecule has 1 unspecified atom stereocenters. The smallest absolute Gasteiger partial charge is 0.255 e. The highest BCUT2D eigenvalue weighted by atomic mass is 16.1. The predicted molar refractivity (Wildman–Crippen MR) is 146 cm³/mol. The molecule has 0 saturated carbocycles. The van der Waals surface area contributed by atoms with Crippen LogP contribution in [0.1, 0.15) is 34.8 Å². The van der Waals surface area contributed by atoms with Crippen LogP contribution in [0, 0.1) is 5.92 Å². The summed E-state index contributed by atoms with van der Waals surface area (Å²) in [6.45, 7) is 5.79. The van der Waals surface area contributed by atoms with Crippen molar-refractivity contribution in [2.45, 2.75) is 19.8 Å². The Labute approximate surface area is 211 Å². The van der Waals surface area contributed by atoms with Gasteiger partial charge in [-0.2, -0.15) is 0 Å². The standard InChI is InChI=1S/C28H31N7O/c1-19-17-32-25(33-18-19)14-20-6-8-21(9-7-20)28(36)35-24-10-13-29-26(16-24)34-23-5-2-4-22(15-23)27-30-11-3-12-31-27/h2,4-10,13,15-16,19H,3,11-12,14,17-18H2,1H3,(H,30,31)(H,32,33)(H2,29,34,35,36). The summed E-state index contributed by atoms with van der Waals surface area (Å²) < 4.78 is 0. The molecule has 184 valence electrons. The summed E-state index contributed by atoms with van der Waals surface area (Å²) in [5.41, 5.74) is 4.34. The van der Waals surface area contributed by atoms with Crippen LogP contribution in [0.3, 0.4) is 0 Å². The molecule has 2 aromatic carbocycles. The first-order valence-electron chi connectivity index (χ1n) is 12.4. The fourth-order valence-electron chi connectivity index (χ4n) is 4.16. The summed E-state index contributed by atoms with van der Waals surface area (Å²) in [5.74, 6) is 2.98. The summed E-state index contributed by atoms with van der Waals surface area (Å²) in [5, 5.41) is 13.0. The zero-order valence-corrected chi connectivity index (χ0v) is 20.4. The van der Waals surface area contributed by atoms with E-state index < -0.39 is 0 Å². The van der Waals surface area contributed by atoms with Crippen LogP contribution in [0.15, 0.2) is 76.8 Å². The van der Waals surface area contributed by atoms with Gasteiger partial charge in [0.15, 0.2) is 0 Å². The first kappa shape index (κ1) is 23.5. The molecule has 36 heavy (non-hydrogen) atoms. The minimum Gasteiger partial charge on any atom is -0.373 e. The molecule has 1 atom stereocenters. The third-order valence-electron chi connectivity index (χ3n) is 6.16. The van der Waals surface area contributed by atoms with Gasteiger partial charge in [0.1, 0.15) is 17.5 Å². The molecule has 8 heteroatoms. The number of benzene rings is 2. The van der Waals surface area contributed by atoms with Gasteiger partial charge in [-0.25, -0.2) is 4.98 Å². The molecular formula is C28H31N7O. The van der Waals surface area contributed by atoms with E-state index in [9.17, 15) is 4.79 Å². The molecule has 1 amide bonds. The van der Waals surface area contributed by atoms with E-state index in [-0.39, 0.29) is 5.91 Å². The van der Waals surface area contributed by atoms with E-state index in [1.165, 1.54) is 0 Å². The molecule has 2 aliphatic rings. The van der Waals surface area contributed by atoms with Crippen molar-refractivity contribution in [3.63, 3.8) is 0 Å². The van der Waals surface area contributed by atoms with Crippen molar-refractivity contribution in [1.82, 2.24) is 15.6 Å². The second-order valence-corrected chi connectivity index (χ2v) is 9.25. The van der Waals surface area contributed by atoms with Crippen molar-refractivity contribution >= 4 is 34.8 Å². The fraction of sp³-hybridized carbons (Fsp3) is 0.286. The number of nitrogens with one attached hydrogen (secondary N) is 4. The maximum absolute atomic E-state index is 12.8. The molecule has 1 aromatic heterocycles. The number of aromatic nitrogens is 1. The largest absolute Gasteiger partial charge is 0.373 e. The minimum absolute atomic E-state index is 0.163. The van der Waals surface area contributed by atoms with Gasteiger partial charge in [-0.05, 0) is 48.2 Å². The number of nitrogens with zero attached hydrogens (tertiary/aromatic N) is 3. The SMILES string of the molecule is CC1CN=C(Cc2ccc(C(=O)Nc3ccnc(Nc4cccc(C5=NCCCN5)c4)c3)cc2)NC1. The second-order valence-electron chi connectivity index (χ2n) is 9.25. The van der Waals surface area contributed by atoms with Crippen molar-refractivity contribution < 1.29 is 4.79 Å². The van der Waals surface area contributed by atoms with E-state index in [0.717, 1.165) is 67.5 Å². The maximum Gasteiger partial charge on any atom is 0.255 e. The monoisotopic (exact) mass is 481 g/mol. The molecule has 0 radical (unpaired) electrons. The minimum atomic E-state index is -0.163. The molecule has 8 nitrogen and oxygen atoms in total. The van der Waals surface area contributed by atoms with Gasteiger partial charge in [0.05, 0.1) is 0 Å². The molecule has 0 spiro atoms. The first-order valence-corrected chi connectivity index (χ1v) is 12.4. The Morgan fingerprint density at radius 1 is 1.03 bits per heavy atom. The number of aliphatic imine (C=N–C) groups is 2. The Kier molecular flexibility index (Phi) is 7.21. The van der Waals surface area contributed by atoms with Crippen molar-refractivity contribution in [3.05, 3.63) is 83.6 Å². The number of rotatable bonds is 7. The summed E-state index contributed by atoms with van der Waals surface area (Å²) >= 11 is 0. The van der Waals surface area contributed by atoms with Gasteiger partial charge in [-0.3, -0.25) is 14.8 Å². The number of hydrogen-bond donors (Lipinski definition) is 4. The lowest BCUT2D eigenvalue weighted by molar-refractivity contribution is 0.102. The van der Waals surface area contributed by atoms with Crippen LogP contribution >= 0.6 is 0 Å². The highest BCUT2D eigenvalue weighted by Gasteiger charge is 2.12. The van der Waals surface area contributed by atoms with E-state index in [1.807, 2.05) is 54.6 Å². The quantitative estimate of drug-likeness (QED) is 0.409. The molecule has 2 aliphatic heterocycles. The zero-order valence-electron chi connectivity index (χ0n) is 20.4. The molecule has 0 fully saturated rings. The highest BCUT2D eigenvalue weighted by molar-refractivity contribution is 6.04. The van der Waals surface area contributed by atoms with E-state index >= 15 is 0 Å². The second kappa shape index (κ2) is 11.0. The van der Waals surface area contributed by atoms with E-state index in [1.54, 1.807) is 12.3 Å². The molecular weight excluding hydrogens is 450 g/mol. The summed E-state index contributed by atoms with van der Waals surface area (Å²) in [6.07, 6.45) is 3.48. The van der Waals surface area contributed by atoms with Gasteiger partial charge < -0.3 is 21.3 Å². The van der Waals surface area contributed by atoms with E-state index in [4.69, 9.17) is 0 Å². The maximum atomic E-state index is 12.8. The van der Waals surface area contributed by atoms with Gasteiger partial charge in [-0.1, -0.05) is 31.2 Å². The number of amidine groups is 2. The Morgan fingerprint density at radius 2 is 1.92 bits per heavy atom. The predicted octanol–water partition coefficient (Wildman–Crippen LogP) is 4.00. The van der Waals surface area contributed by atoms with Crippen LogP contribution in [0.4, 0.5) is 17.2 Å². The molecule has 0 bridgehead atoms. The Bertz CT molecular complexity index is 1280. The number of amides is 1. The van der Waals surface area contributed by atoms with Crippen LogP contribution in [-0.4, -0.2) is 48.7 Å². The van der Waals surface area contributed by atoms with Crippen LogP contribution in [0.2, 0.25) is 0 Å². The van der Waals surface area contributed by atoms with Crippen LogP contribution < -0.4 is 21.3 Å². The molecule has 0 aliphatic carbocycles. The normalized spacial score (nSPS) is 17.2. The molecule has 3 heterocycles. The Balaban J connectivity index is 1.21. The molecule has 4 N–H and O–H groups in total. The lowest BCUT2D eigenvalue weighted by Crippen LogP contribution is -2.35. The Hall–Kier alpha value is -4.20. The average molecular weight is 482 g/mol. The van der Waals surface area contributed by atoms with Crippen molar-refractivity contribution in [2.75, 3.05) is 36.8 Å². The number of anilines is 3. The number of carbonyl (C=O) groups excluding carboxylic acids is 1. The van der Waals surface area contributed by atoms with Gasteiger partial charge in [0.2, 0.25) is 0 Å². The van der Waals surface area contributed by atoms with E-state index in [2.05, 4.69) is 43.2 Å². The van der Waals surface area contributed by atoms with Gasteiger partial charge in [0, 0.05) is 67.4 Å². The fourth-order valence-corrected chi connectivity index (χ4v) is 4.16. The van der Waals surface area contributed by atoms with Crippen molar-refractivity contribution in [3.8, 4) is 0 Å². The summed E-state index contributed by atoms with van der Waals surface area (Å²) in [7, 11) is 0. The lowest BCUT2D eigenvalue weighted by Gasteiger charge is -2.19. The van der Waals surface area contributed by atoms with Gasteiger partial charge in [0.25, 0.3) is 5.91 Å². The summed E-state index contributed by atoms with van der Waals surface area (Å²) in [6, 6.07) is 19.3. The topological polar surface area (TPSA) is 103 Å². The molecule has 5 rings (SSSR count). The van der Waals surface area contributed by atoms with Crippen molar-refractivity contribution in [1.29, 1.82) is 0 Å². The lowest BCUT2D eigenvalue weighted by atomic mass is 10.1. The van der Waals surface area contributed by atoms with E-state index in [0.29, 0.717) is 23.0 Å². The van der Waals surface area contributed by atoms with Crippen molar-refractivity contribution in [2.24, 2.45) is 15.9 Å².